The first-order chi connectivity index (χ1) is 6.14. The molecule has 0 saturated heterocycles. The molecule has 0 fully saturated rings. The number of rotatable bonds is 4. The Balaban J connectivity index is 2.68. The van der Waals surface area contributed by atoms with E-state index in [1.165, 1.54) is 0 Å². The summed E-state index contributed by atoms with van der Waals surface area (Å²) in [5.74, 6) is 0.881. The van der Waals surface area contributed by atoms with E-state index in [1.807, 2.05) is 6.92 Å². The van der Waals surface area contributed by atoms with E-state index >= 15 is 0 Å². The molecular formula is C10H19NO2. The standard InChI is InChI=1S/C10H19NO2/c1-4-10(2,12-3)9(11)8-6-5-7-13-8/h6,9H,4-5,7,11H2,1-3H3. The molecule has 0 spiro atoms. The molecular weight excluding hydrogens is 166 g/mol. The minimum absolute atomic E-state index is 0.148. The molecule has 0 aromatic heterocycles. The number of nitrogens with two attached hydrogens (primary N) is 1. The molecule has 0 aromatic carbocycles. The van der Waals surface area contributed by atoms with E-state index in [2.05, 4.69) is 13.0 Å². The molecule has 2 unspecified atom stereocenters. The van der Waals surface area contributed by atoms with Crippen molar-refractivity contribution in [3.63, 3.8) is 0 Å². The van der Waals surface area contributed by atoms with Gasteiger partial charge in [0.15, 0.2) is 0 Å². The van der Waals surface area contributed by atoms with Crippen molar-refractivity contribution in [2.45, 2.75) is 38.3 Å². The van der Waals surface area contributed by atoms with Crippen LogP contribution in [0, 0.1) is 0 Å². The maximum atomic E-state index is 6.06. The molecule has 0 amide bonds. The van der Waals surface area contributed by atoms with Gasteiger partial charge in [-0.15, -0.1) is 0 Å². The number of methoxy groups -OCH3 is 1. The molecule has 0 saturated carbocycles. The monoisotopic (exact) mass is 185 g/mol. The second-order valence-corrected chi connectivity index (χ2v) is 3.59. The predicted octanol–water partition coefficient (Wildman–Crippen LogP) is 1.43. The van der Waals surface area contributed by atoms with E-state index < -0.39 is 0 Å². The van der Waals surface area contributed by atoms with Crippen molar-refractivity contribution in [2.75, 3.05) is 13.7 Å². The van der Waals surface area contributed by atoms with Crippen LogP contribution in [0.15, 0.2) is 11.8 Å². The van der Waals surface area contributed by atoms with E-state index in [4.69, 9.17) is 15.2 Å². The summed E-state index contributed by atoms with van der Waals surface area (Å²) < 4.78 is 10.8. The molecule has 0 aromatic rings. The molecule has 2 N–H and O–H groups in total. The zero-order valence-corrected chi connectivity index (χ0v) is 8.67. The fraction of sp³-hybridized carbons (Fsp3) is 0.800. The Morgan fingerprint density at radius 3 is 2.85 bits per heavy atom. The Morgan fingerprint density at radius 1 is 1.77 bits per heavy atom. The van der Waals surface area contributed by atoms with Crippen LogP contribution in [-0.4, -0.2) is 25.4 Å². The van der Waals surface area contributed by atoms with Gasteiger partial charge in [-0.25, -0.2) is 0 Å². The molecule has 1 rings (SSSR count). The summed E-state index contributed by atoms with van der Waals surface area (Å²) in [6, 6.07) is -0.148. The second-order valence-electron chi connectivity index (χ2n) is 3.59. The lowest BCUT2D eigenvalue weighted by molar-refractivity contribution is -0.0215. The zero-order valence-electron chi connectivity index (χ0n) is 8.67. The van der Waals surface area contributed by atoms with Gasteiger partial charge in [0.1, 0.15) is 5.76 Å². The van der Waals surface area contributed by atoms with Crippen molar-refractivity contribution >= 4 is 0 Å². The van der Waals surface area contributed by atoms with Gasteiger partial charge in [-0.05, 0) is 19.4 Å². The molecule has 1 aliphatic heterocycles. The van der Waals surface area contributed by atoms with E-state index in [0.717, 1.165) is 25.2 Å². The van der Waals surface area contributed by atoms with Crippen molar-refractivity contribution < 1.29 is 9.47 Å². The molecule has 3 nitrogen and oxygen atoms in total. The first kappa shape index (κ1) is 10.5. The zero-order chi connectivity index (χ0) is 9.90. The highest BCUT2D eigenvalue weighted by Gasteiger charge is 2.34. The summed E-state index contributed by atoms with van der Waals surface area (Å²) in [5.41, 5.74) is 5.75. The Morgan fingerprint density at radius 2 is 2.46 bits per heavy atom. The Hall–Kier alpha value is -0.540. The minimum atomic E-state index is -0.309. The van der Waals surface area contributed by atoms with Gasteiger partial charge in [0.2, 0.25) is 0 Å². The molecule has 1 heterocycles. The largest absolute Gasteiger partial charge is 0.496 e. The van der Waals surface area contributed by atoms with Crippen LogP contribution in [0.4, 0.5) is 0 Å². The fourth-order valence-electron chi connectivity index (χ4n) is 1.45. The molecule has 1 aliphatic rings. The highest BCUT2D eigenvalue weighted by Crippen LogP contribution is 2.25. The molecule has 13 heavy (non-hydrogen) atoms. The van der Waals surface area contributed by atoms with Crippen LogP contribution in [0.5, 0.6) is 0 Å². The molecule has 76 valence electrons. The van der Waals surface area contributed by atoms with Crippen molar-refractivity contribution in [3.05, 3.63) is 11.8 Å². The van der Waals surface area contributed by atoms with Gasteiger partial charge in [-0.3, -0.25) is 0 Å². The summed E-state index contributed by atoms with van der Waals surface area (Å²) in [6.45, 7) is 4.84. The van der Waals surface area contributed by atoms with E-state index in [0.29, 0.717) is 0 Å². The lowest BCUT2D eigenvalue weighted by atomic mass is 9.92. The third-order valence-electron chi connectivity index (χ3n) is 2.86. The third kappa shape index (κ3) is 2.03. The van der Waals surface area contributed by atoms with Gasteiger partial charge in [-0.2, -0.15) is 0 Å². The summed E-state index contributed by atoms with van der Waals surface area (Å²) >= 11 is 0. The highest BCUT2D eigenvalue weighted by molar-refractivity contribution is 5.12. The van der Waals surface area contributed by atoms with Gasteiger partial charge < -0.3 is 15.2 Å². The van der Waals surface area contributed by atoms with Crippen LogP contribution >= 0.6 is 0 Å². The van der Waals surface area contributed by atoms with Crippen molar-refractivity contribution in [3.8, 4) is 0 Å². The van der Waals surface area contributed by atoms with Crippen molar-refractivity contribution in [2.24, 2.45) is 5.73 Å². The van der Waals surface area contributed by atoms with Gasteiger partial charge in [0, 0.05) is 13.5 Å². The lowest BCUT2D eigenvalue weighted by Crippen LogP contribution is -2.48. The molecule has 0 aliphatic carbocycles. The number of ether oxygens (including phenoxy) is 2. The Labute approximate surface area is 79.9 Å². The van der Waals surface area contributed by atoms with E-state index in [9.17, 15) is 0 Å². The second kappa shape index (κ2) is 4.11. The third-order valence-corrected chi connectivity index (χ3v) is 2.86. The number of hydrogen-bond donors (Lipinski definition) is 1. The molecule has 0 radical (unpaired) electrons. The van der Waals surface area contributed by atoms with E-state index in [1.54, 1.807) is 7.11 Å². The topological polar surface area (TPSA) is 44.5 Å². The molecule has 2 atom stereocenters. The lowest BCUT2D eigenvalue weighted by Gasteiger charge is -2.33. The quantitative estimate of drug-likeness (QED) is 0.720. The van der Waals surface area contributed by atoms with Gasteiger partial charge in [0.05, 0.1) is 18.2 Å². The Bertz CT molecular complexity index is 197. The maximum absolute atomic E-state index is 6.06. The molecule has 3 heteroatoms. The average Bonchev–Trinajstić information content (AvgIpc) is 2.68. The van der Waals surface area contributed by atoms with Crippen molar-refractivity contribution in [1.82, 2.24) is 0 Å². The normalized spacial score (nSPS) is 23.2. The summed E-state index contributed by atoms with van der Waals surface area (Å²) in [4.78, 5) is 0. The SMILES string of the molecule is CCC(C)(OC)C(N)C1=CCCO1. The first-order valence-corrected chi connectivity index (χ1v) is 4.77. The minimum Gasteiger partial charge on any atom is -0.496 e. The maximum Gasteiger partial charge on any atom is 0.112 e. The summed E-state index contributed by atoms with van der Waals surface area (Å²) in [7, 11) is 1.69. The Kier molecular flexibility index (Phi) is 3.33. The van der Waals surface area contributed by atoms with Crippen molar-refractivity contribution in [1.29, 1.82) is 0 Å². The van der Waals surface area contributed by atoms with Crippen LogP contribution in [0.3, 0.4) is 0 Å². The van der Waals surface area contributed by atoms with Gasteiger partial charge in [-0.1, -0.05) is 6.92 Å². The summed E-state index contributed by atoms with van der Waals surface area (Å²) in [5, 5.41) is 0. The van der Waals surface area contributed by atoms with Crippen LogP contribution in [-0.2, 0) is 9.47 Å². The number of hydrogen-bond acceptors (Lipinski definition) is 3. The predicted molar refractivity (Wildman–Crippen MR) is 52.3 cm³/mol. The molecule has 0 bridgehead atoms. The van der Waals surface area contributed by atoms with Gasteiger partial charge in [0.25, 0.3) is 0 Å². The van der Waals surface area contributed by atoms with Gasteiger partial charge >= 0.3 is 0 Å². The first-order valence-electron chi connectivity index (χ1n) is 4.77. The van der Waals surface area contributed by atoms with Crippen LogP contribution < -0.4 is 5.73 Å². The smallest absolute Gasteiger partial charge is 0.112 e. The van der Waals surface area contributed by atoms with E-state index in [-0.39, 0.29) is 11.6 Å². The van der Waals surface area contributed by atoms with Crippen LogP contribution in [0.1, 0.15) is 26.7 Å². The average molecular weight is 185 g/mol. The fourth-order valence-corrected chi connectivity index (χ4v) is 1.45. The van der Waals surface area contributed by atoms with Crippen LogP contribution in [0.2, 0.25) is 0 Å². The van der Waals surface area contributed by atoms with Crippen LogP contribution in [0.25, 0.3) is 0 Å². The summed E-state index contributed by atoms with van der Waals surface area (Å²) in [6.07, 6.45) is 3.90. The highest BCUT2D eigenvalue weighted by atomic mass is 16.5.